The van der Waals surface area contributed by atoms with Gasteiger partial charge in [-0.25, -0.2) is 0 Å². The molecule has 0 unspecified atom stereocenters. The van der Waals surface area contributed by atoms with E-state index < -0.39 is 0 Å². The van der Waals surface area contributed by atoms with Crippen LogP contribution in [0.3, 0.4) is 0 Å². The second kappa shape index (κ2) is 6.94. The van der Waals surface area contributed by atoms with Crippen molar-refractivity contribution < 1.29 is 4.79 Å². The van der Waals surface area contributed by atoms with Crippen LogP contribution in [-0.2, 0) is 11.2 Å². The van der Waals surface area contributed by atoms with E-state index in [1.54, 1.807) is 6.20 Å². The van der Waals surface area contributed by atoms with Gasteiger partial charge in [-0.05, 0) is 37.3 Å². The molecule has 1 N–H and O–H groups in total. The SMILES string of the molecule is CCc1cccc(C)c1NC(=O)/C(C#N)=C\N1CCCC1. The molecule has 1 aliphatic rings. The van der Waals surface area contributed by atoms with Crippen LogP contribution in [0.25, 0.3) is 0 Å². The molecule has 1 aromatic rings. The highest BCUT2D eigenvalue weighted by Crippen LogP contribution is 2.22. The molecule has 110 valence electrons. The van der Waals surface area contributed by atoms with Crippen molar-refractivity contribution in [1.29, 1.82) is 5.26 Å². The summed E-state index contributed by atoms with van der Waals surface area (Å²) in [6.07, 6.45) is 4.77. The number of nitrogens with zero attached hydrogens (tertiary/aromatic N) is 2. The van der Waals surface area contributed by atoms with Gasteiger partial charge in [-0.2, -0.15) is 5.26 Å². The number of amides is 1. The second-order valence-electron chi connectivity index (χ2n) is 5.31. The lowest BCUT2D eigenvalue weighted by Gasteiger charge is -2.14. The Labute approximate surface area is 126 Å². The third-order valence-electron chi connectivity index (χ3n) is 3.80. The topological polar surface area (TPSA) is 56.1 Å². The molecule has 4 nitrogen and oxygen atoms in total. The van der Waals surface area contributed by atoms with Gasteiger partial charge in [-0.3, -0.25) is 4.79 Å². The van der Waals surface area contributed by atoms with Crippen LogP contribution >= 0.6 is 0 Å². The predicted octanol–water partition coefficient (Wildman–Crippen LogP) is 3.00. The van der Waals surface area contributed by atoms with Gasteiger partial charge >= 0.3 is 0 Å². The van der Waals surface area contributed by atoms with E-state index in [4.69, 9.17) is 0 Å². The molecular weight excluding hydrogens is 262 g/mol. The Kier molecular flexibility index (Phi) is 4.99. The Hall–Kier alpha value is -2.28. The third kappa shape index (κ3) is 3.63. The monoisotopic (exact) mass is 283 g/mol. The van der Waals surface area contributed by atoms with Gasteiger partial charge in [0.05, 0.1) is 0 Å². The first-order valence-corrected chi connectivity index (χ1v) is 7.41. The average Bonchev–Trinajstić information content (AvgIpc) is 2.99. The molecule has 0 aliphatic carbocycles. The van der Waals surface area contributed by atoms with Crippen LogP contribution in [0.1, 0.15) is 30.9 Å². The number of likely N-dealkylation sites (tertiary alicyclic amines) is 1. The molecule has 1 aromatic carbocycles. The number of benzene rings is 1. The molecule has 0 bridgehead atoms. The van der Waals surface area contributed by atoms with E-state index in [-0.39, 0.29) is 11.5 Å². The lowest BCUT2D eigenvalue weighted by atomic mass is 10.1. The molecule has 21 heavy (non-hydrogen) atoms. The Bertz CT molecular complexity index is 593. The number of rotatable bonds is 4. The number of nitrogens with one attached hydrogen (secondary N) is 1. The molecule has 0 radical (unpaired) electrons. The van der Waals surface area contributed by atoms with Crippen molar-refractivity contribution in [2.45, 2.75) is 33.1 Å². The number of carbonyl (C=O) groups is 1. The molecule has 1 amide bonds. The zero-order valence-corrected chi connectivity index (χ0v) is 12.6. The molecule has 0 atom stereocenters. The summed E-state index contributed by atoms with van der Waals surface area (Å²) in [7, 11) is 0. The van der Waals surface area contributed by atoms with E-state index in [1.165, 1.54) is 0 Å². The number of carbonyl (C=O) groups excluding carboxylic acids is 1. The zero-order valence-electron chi connectivity index (χ0n) is 12.6. The van der Waals surface area contributed by atoms with Crippen molar-refractivity contribution >= 4 is 11.6 Å². The highest BCUT2D eigenvalue weighted by molar-refractivity contribution is 6.07. The Balaban J connectivity index is 2.18. The van der Waals surface area contributed by atoms with Crippen molar-refractivity contribution in [3.63, 3.8) is 0 Å². The number of hydrogen-bond acceptors (Lipinski definition) is 3. The van der Waals surface area contributed by atoms with Gasteiger partial charge in [0.15, 0.2) is 0 Å². The summed E-state index contributed by atoms with van der Waals surface area (Å²) < 4.78 is 0. The van der Waals surface area contributed by atoms with Crippen molar-refractivity contribution in [3.8, 4) is 6.07 Å². The molecule has 2 rings (SSSR count). The number of para-hydroxylation sites is 1. The minimum absolute atomic E-state index is 0.169. The standard InChI is InChI=1S/C17H21N3O/c1-3-14-8-6-7-13(2)16(14)19-17(21)15(11-18)12-20-9-4-5-10-20/h6-8,12H,3-5,9-10H2,1-2H3,(H,19,21)/b15-12-. The maximum absolute atomic E-state index is 12.3. The molecule has 1 heterocycles. The fourth-order valence-electron chi connectivity index (χ4n) is 2.57. The molecule has 0 saturated carbocycles. The fourth-order valence-corrected chi connectivity index (χ4v) is 2.57. The van der Waals surface area contributed by atoms with Crippen molar-refractivity contribution in [1.82, 2.24) is 4.90 Å². The summed E-state index contributed by atoms with van der Waals surface area (Å²) in [4.78, 5) is 14.4. The molecule has 1 fully saturated rings. The molecule has 1 aliphatic heterocycles. The van der Waals surface area contributed by atoms with Crippen LogP contribution in [0.15, 0.2) is 30.0 Å². The summed E-state index contributed by atoms with van der Waals surface area (Å²) >= 11 is 0. The summed E-state index contributed by atoms with van der Waals surface area (Å²) in [5.74, 6) is -0.326. The first-order valence-electron chi connectivity index (χ1n) is 7.41. The quantitative estimate of drug-likeness (QED) is 0.682. The van der Waals surface area contributed by atoms with Crippen molar-refractivity contribution in [2.24, 2.45) is 0 Å². The van der Waals surface area contributed by atoms with Crippen molar-refractivity contribution in [2.75, 3.05) is 18.4 Å². The number of hydrogen-bond donors (Lipinski definition) is 1. The van der Waals surface area contributed by atoms with Crippen LogP contribution in [0.2, 0.25) is 0 Å². The summed E-state index contributed by atoms with van der Waals surface area (Å²) in [5, 5.41) is 12.1. The van der Waals surface area contributed by atoms with Gasteiger partial charge in [0, 0.05) is 25.0 Å². The maximum Gasteiger partial charge on any atom is 0.267 e. The fraction of sp³-hybridized carbons (Fsp3) is 0.412. The van der Waals surface area contributed by atoms with Crippen LogP contribution in [0, 0.1) is 18.3 Å². The first-order chi connectivity index (χ1) is 10.2. The van der Waals surface area contributed by atoms with Crippen LogP contribution in [-0.4, -0.2) is 23.9 Å². The summed E-state index contributed by atoms with van der Waals surface area (Å²) in [5.41, 5.74) is 3.10. The van der Waals surface area contributed by atoms with E-state index >= 15 is 0 Å². The largest absolute Gasteiger partial charge is 0.376 e. The average molecular weight is 283 g/mol. The number of aryl methyl sites for hydroxylation is 2. The van der Waals surface area contributed by atoms with E-state index in [1.807, 2.05) is 36.1 Å². The highest BCUT2D eigenvalue weighted by Gasteiger charge is 2.16. The molecule has 1 saturated heterocycles. The predicted molar refractivity (Wildman–Crippen MR) is 83.7 cm³/mol. The van der Waals surface area contributed by atoms with E-state index in [9.17, 15) is 10.1 Å². The van der Waals surface area contributed by atoms with Gasteiger partial charge in [0.25, 0.3) is 5.91 Å². The smallest absolute Gasteiger partial charge is 0.267 e. The van der Waals surface area contributed by atoms with Crippen LogP contribution in [0.4, 0.5) is 5.69 Å². The second-order valence-corrected chi connectivity index (χ2v) is 5.31. The van der Waals surface area contributed by atoms with Gasteiger partial charge in [-0.1, -0.05) is 25.1 Å². The van der Waals surface area contributed by atoms with E-state index in [0.717, 1.165) is 49.2 Å². The lowest BCUT2D eigenvalue weighted by molar-refractivity contribution is -0.112. The Morgan fingerprint density at radius 3 is 2.76 bits per heavy atom. The molecule has 0 spiro atoms. The van der Waals surface area contributed by atoms with E-state index in [2.05, 4.69) is 12.2 Å². The highest BCUT2D eigenvalue weighted by atomic mass is 16.1. The summed E-state index contributed by atoms with van der Waals surface area (Å²) in [6, 6.07) is 7.96. The maximum atomic E-state index is 12.3. The third-order valence-corrected chi connectivity index (χ3v) is 3.80. The van der Waals surface area contributed by atoms with E-state index in [0.29, 0.717) is 0 Å². The normalized spacial score (nSPS) is 14.9. The van der Waals surface area contributed by atoms with Gasteiger partial charge in [0.2, 0.25) is 0 Å². The van der Waals surface area contributed by atoms with Gasteiger partial charge in [-0.15, -0.1) is 0 Å². The van der Waals surface area contributed by atoms with Crippen molar-refractivity contribution in [3.05, 3.63) is 41.1 Å². The Morgan fingerprint density at radius 1 is 1.43 bits per heavy atom. The summed E-state index contributed by atoms with van der Waals surface area (Å²) in [6.45, 7) is 5.85. The first kappa shape index (κ1) is 15.1. The molecule has 4 heteroatoms. The number of anilines is 1. The minimum atomic E-state index is -0.326. The van der Waals surface area contributed by atoms with Crippen LogP contribution < -0.4 is 5.32 Å². The van der Waals surface area contributed by atoms with Gasteiger partial charge in [0.1, 0.15) is 11.6 Å². The van der Waals surface area contributed by atoms with Crippen LogP contribution in [0.5, 0.6) is 0 Å². The molecular formula is C17H21N3O. The lowest BCUT2D eigenvalue weighted by Crippen LogP contribution is -2.19. The Morgan fingerprint density at radius 2 is 2.14 bits per heavy atom. The van der Waals surface area contributed by atoms with Gasteiger partial charge < -0.3 is 10.2 Å². The zero-order chi connectivity index (χ0) is 15.2. The molecule has 0 aromatic heterocycles. The minimum Gasteiger partial charge on any atom is -0.376 e. The number of nitriles is 1.